The molecule has 7 heteroatoms. The van der Waals surface area contributed by atoms with Gasteiger partial charge in [-0.1, -0.05) is 30.3 Å². The highest BCUT2D eigenvalue weighted by Crippen LogP contribution is 2.27. The third-order valence-electron chi connectivity index (χ3n) is 4.47. The molecule has 4 rings (SSSR count). The monoisotopic (exact) mass is 422 g/mol. The zero-order valence-corrected chi connectivity index (χ0v) is 17.3. The number of H-pyrrole nitrogens is 1. The summed E-state index contributed by atoms with van der Waals surface area (Å²) in [7, 11) is 0. The Labute approximate surface area is 176 Å². The van der Waals surface area contributed by atoms with Crippen molar-refractivity contribution in [2.24, 2.45) is 0 Å². The van der Waals surface area contributed by atoms with Crippen molar-refractivity contribution in [3.63, 3.8) is 0 Å². The average Bonchev–Trinajstić information content (AvgIpc) is 3.41. The number of thioether (sulfide) groups is 1. The number of para-hydroxylation sites is 1. The summed E-state index contributed by atoms with van der Waals surface area (Å²) >= 11 is 3.06. The van der Waals surface area contributed by atoms with Crippen LogP contribution in [0.3, 0.4) is 0 Å². The van der Waals surface area contributed by atoms with Gasteiger partial charge >= 0.3 is 5.97 Å². The van der Waals surface area contributed by atoms with Gasteiger partial charge in [-0.05, 0) is 25.1 Å². The number of hydrogen-bond acceptors (Lipinski definition) is 6. The second-order valence-electron chi connectivity index (χ2n) is 6.42. The molecule has 0 aliphatic carbocycles. The van der Waals surface area contributed by atoms with Crippen molar-refractivity contribution < 1.29 is 14.3 Å². The van der Waals surface area contributed by atoms with Crippen molar-refractivity contribution in [1.29, 1.82) is 0 Å². The third kappa shape index (κ3) is 4.26. The van der Waals surface area contributed by atoms with E-state index in [4.69, 9.17) is 4.74 Å². The molecule has 146 valence electrons. The molecule has 0 saturated heterocycles. The number of Topliss-reactive ketones (excluding diaryl/α,β-unsaturated/α-hetero) is 1. The number of ether oxygens (including phenoxy) is 1. The highest BCUT2D eigenvalue weighted by atomic mass is 32.2. The van der Waals surface area contributed by atoms with Crippen LogP contribution in [0.4, 0.5) is 0 Å². The van der Waals surface area contributed by atoms with Crippen LogP contribution in [0.15, 0.2) is 70.5 Å². The van der Waals surface area contributed by atoms with E-state index in [0.29, 0.717) is 16.9 Å². The van der Waals surface area contributed by atoms with E-state index in [1.807, 2.05) is 41.8 Å². The van der Waals surface area contributed by atoms with Crippen LogP contribution in [-0.2, 0) is 10.5 Å². The largest absolute Gasteiger partial charge is 0.451 e. The van der Waals surface area contributed by atoms with E-state index in [1.165, 1.54) is 11.8 Å². The summed E-state index contributed by atoms with van der Waals surface area (Å²) in [4.78, 5) is 33.8. The lowest BCUT2D eigenvalue weighted by Gasteiger charge is -2.14. The molecule has 0 aliphatic heterocycles. The number of hydrogen-bond donors (Lipinski definition) is 1. The van der Waals surface area contributed by atoms with Crippen molar-refractivity contribution >= 4 is 45.8 Å². The number of nitrogens with zero attached hydrogens (tertiary/aromatic N) is 1. The fraction of sp³-hybridized carbons (Fsp3) is 0.136. The van der Waals surface area contributed by atoms with Gasteiger partial charge in [0.2, 0.25) is 5.78 Å². The number of carbonyl (C=O) groups excluding carboxylic acids is 2. The van der Waals surface area contributed by atoms with Gasteiger partial charge in [-0.3, -0.25) is 4.79 Å². The zero-order valence-electron chi connectivity index (χ0n) is 15.6. The Kier molecular flexibility index (Phi) is 5.78. The number of esters is 1. The Hall–Kier alpha value is -2.90. The zero-order chi connectivity index (χ0) is 20.2. The Bertz CT molecular complexity index is 1150. The Morgan fingerprint density at radius 1 is 1.14 bits per heavy atom. The summed E-state index contributed by atoms with van der Waals surface area (Å²) in [5.41, 5.74) is 4.59. The summed E-state index contributed by atoms with van der Waals surface area (Å²) in [6.45, 7) is 1.60. The average molecular weight is 423 g/mol. The normalized spacial score (nSPS) is 12.0. The van der Waals surface area contributed by atoms with Gasteiger partial charge in [0.05, 0.1) is 16.8 Å². The molecule has 5 nitrogen and oxygen atoms in total. The molecule has 29 heavy (non-hydrogen) atoms. The van der Waals surface area contributed by atoms with E-state index in [2.05, 4.69) is 9.97 Å². The lowest BCUT2D eigenvalue weighted by molar-refractivity contribution is 0.0316. The van der Waals surface area contributed by atoms with Gasteiger partial charge in [0.15, 0.2) is 6.10 Å². The lowest BCUT2D eigenvalue weighted by atomic mass is 10.1. The van der Waals surface area contributed by atoms with Gasteiger partial charge < -0.3 is 9.72 Å². The predicted molar refractivity (Wildman–Crippen MR) is 116 cm³/mol. The maximum absolute atomic E-state index is 12.8. The van der Waals surface area contributed by atoms with Crippen molar-refractivity contribution in [3.05, 3.63) is 82.4 Å². The molecule has 0 bridgehead atoms. The molecule has 0 unspecified atom stereocenters. The number of aromatic nitrogens is 2. The molecular formula is C22H18N2O3S2. The minimum atomic E-state index is -0.890. The number of benzene rings is 2. The molecule has 2 heterocycles. The number of thiazole rings is 1. The summed E-state index contributed by atoms with van der Waals surface area (Å²) in [6.07, 6.45) is 0.771. The number of nitrogens with one attached hydrogen (secondary N) is 1. The molecule has 2 aromatic heterocycles. The van der Waals surface area contributed by atoms with Crippen molar-refractivity contribution in [2.45, 2.75) is 23.7 Å². The van der Waals surface area contributed by atoms with E-state index in [0.717, 1.165) is 21.5 Å². The van der Waals surface area contributed by atoms with Crippen LogP contribution in [0, 0.1) is 0 Å². The fourth-order valence-corrected chi connectivity index (χ4v) is 4.60. The first kappa shape index (κ1) is 19.4. The number of fused-ring (bicyclic) bond motifs is 1. The van der Waals surface area contributed by atoms with Crippen LogP contribution in [0.2, 0.25) is 0 Å². The topological polar surface area (TPSA) is 72.0 Å². The van der Waals surface area contributed by atoms with E-state index in [1.54, 1.807) is 42.1 Å². The van der Waals surface area contributed by atoms with Crippen molar-refractivity contribution in [3.8, 4) is 0 Å². The fourth-order valence-electron chi connectivity index (χ4n) is 2.99. The van der Waals surface area contributed by atoms with Gasteiger partial charge in [-0.25, -0.2) is 9.78 Å². The standard InChI is InChI=1S/C22H18N2O3S2/c1-14(21(25)18-10-23-19-8-4-2-6-16(18)19)27-22(26)17-7-3-5-9-20(17)29-12-15-11-28-13-24-15/h2-11,13-14,23H,12H2,1H3/t14-/m0/s1. The number of carbonyl (C=O) groups is 2. The van der Waals surface area contributed by atoms with Crippen molar-refractivity contribution in [2.75, 3.05) is 0 Å². The number of rotatable bonds is 7. The molecule has 0 radical (unpaired) electrons. The van der Waals surface area contributed by atoms with E-state index in [9.17, 15) is 9.59 Å². The molecule has 0 spiro atoms. The van der Waals surface area contributed by atoms with Crippen LogP contribution in [0.25, 0.3) is 10.9 Å². The minimum absolute atomic E-state index is 0.233. The molecule has 0 saturated carbocycles. The molecule has 1 N–H and O–H groups in total. The maximum Gasteiger partial charge on any atom is 0.339 e. The smallest absolute Gasteiger partial charge is 0.339 e. The SMILES string of the molecule is C[C@H](OC(=O)c1ccccc1SCc1cscn1)C(=O)c1c[nH]c2ccccc12. The third-order valence-corrected chi connectivity index (χ3v) is 6.22. The van der Waals surface area contributed by atoms with Gasteiger partial charge in [-0.15, -0.1) is 23.1 Å². The van der Waals surface area contributed by atoms with Crippen LogP contribution >= 0.6 is 23.1 Å². The summed E-state index contributed by atoms with van der Waals surface area (Å²) < 4.78 is 5.52. The molecule has 4 aromatic rings. The minimum Gasteiger partial charge on any atom is -0.451 e. The summed E-state index contributed by atoms with van der Waals surface area (Å²) in [5.74, 6) is -0.0760. The molecule has 2 aromatic carbocycles. The highest BCUT2D eigenvalue weighted by molar-refractivity contribution is 7.98. The first-order valence-corrected chi connectivity index (χ1v) is 11.0. The maximum atomic E-state index is 12.8. The first-order valence-electron chi connectivity index (χ1n) is 9.03. The van der Waals surface area contributed by atoms with Crippen LogP contribution in [0.5, 0.6) is 0 Å². The Morgan fingerprint density at radius 3 is 2.76 bits per heavy atom. The summed E-state index contributed by atoms with van der Waals surface area (Å²) in [5, 5.41) is 2.80. The van der Waals surface area contributed by atoms with Gasteiger partial charge in [0.25, 0.3) is 0 Å². The lowest BCUT2D eigenvalue weighted by Crippen LogP contribution is -2.24. The van der Waals surface area contributed by atoms with Gasteiger partial charge in [-0.2, -0.15) is 0 Å². The van der Waals surface area contributed by atoms with Gasteiger partial charge in [0.1, 0.15) is 0 Å². The quantitative estimate of drug-likeness (QED) is 0.247. The van der Waals surface area contributed by atoms with Crippen LogP contribution in [0.1, 0.15) is 33.3 Å². The van der Waals surface area contributed by atoms with E-state index < -0.39 is 12.1 Å². The first-order chi connectivity index (χ1) is 14.1. The Morgan fingerprint density at radius 2 is 1.93 bits per heavy atom. The van der Waals surface area contributed by atoms with Crippen LogP contribution in [-0.4, -0.2) is 27.8 Å². The molecule has 0 amide bonds. The van der Waals surface area contributed by atoms with E-state index >= 15 is 0 Å². The molecular weight excluding hydrogens is 404 g/mol. The van der Waals surface area contributed by atoms with E-state index in [-0.39, 0.29) is 5.78 Å². The van der Waals surface area contributed by atoms with Gasteiger partial charge in [0, 0.05) is 38.7 Å². The molecule has 0 aliphatic rings. The van der Waals surface area contributed by atoms with Crippen molar-refractivity contribution in [1.82, 2.24) is 9.97 Å². The number of aromatic amines is 1. The second kappa shape index (κ2) is 8.63. The van der Waals surface area contributed by atoms with Crippen LogP contribution < -0.4 is 0 Å². The predicted octanol–water partition coefficient (Wildman–Crippen LogP) is 5.34. The molecule has 1 atom stereocenters. The molecule has 0 fully saturated rings. The summed E-state index contributed by atoms with van der Waals surface area (Å²) in [6, 6.07) is 14.8. The Balaban J connectivity index is 1.48. The highest BCUT2D eigenvalue weighted by Gasteiger charge is 2.24. The second-order valence-corrected chi connectivity index (χ2v) is 8.16. The number of ketones is 1.